The second kappa shape index (κ2) is 7.07. The number of urea groups is 1. The first-order chi connectivity index (χ1) is 9.43. The van der Waals surface area contributed by atoms with E-state index in [0.717, 1.165) is 0 Å². The van der Waals surface area contributed by atoms with Crippen LogP contribution < -0.4 is 5.32 Å². The summed E-state index contributed by atoms with van der Waals surface area (Å²) in [6, 6.07) is 2.46. The molecule has 0 fully saturated rings. The van der Waals surface area contributed by atoms with E-state index in [4.69, 9.17) is 5.11 Å². The number of amides is 2. The minimum atomic E-state index is -1.11. The minimum Gasteiger partial charge on any atom is -0.477 e. The van der Waals surface area contributed by atoms with Crippen LogP contribution in [0.4, 0.5) is 4.79 Å². The number of carboxylic acid groups (broad SMARTS) is 1. The van der Waals surface area contributed by atoms with Crippen LogP contribution in [0.2, 0.25) is 0 Å². The van der Waals surface area contributed by atoms with Gasteiger partial charge in [-0.05, 0) is 11.6 Å². The number of rotatable bonds is 5. The van der Waals surface area contributed by atoms with Crippen molar-refractivity contribution in [2.45, 2.75) is 6.54 Å². The number of hydrogen-bond donors (Lipinski definition) is 2. The Balaban J connectivity index is 2.48. The first-order valence-electron chi connectivity index (χ1n) is 5.68. The lowest BCUT2D eigenvalue weighted by Gasteiger charge is -2.16. The number of esters is 1. The second-order valence-electron chi connectivity index (χ2n) is 3.95. The van der Waals surface area contributed by atoms with Crippen molar-refractivity contribution in [1.29, 1.82) is 0 Å². The number of pyridine rings is 1. The van der Waals surface area contributed by atoms with Gasteiger partial charge >= 0.3 is 18.0 Å². The molecule has 0 saturated heterocycles. The molecule has 8 nitrogen and oxygen atoms in total. The van der Waals surface area contributed by atoms with E-state index < -0.39 is 18.0 Å². The molecular formula is C12H15N3O5. The van der Waals surface area contributed by atoms with E-state index in [0.29, 0.717) is 5.56 Å². The van der Waals surface area contributed by atoms with Gasteiger partial charge in [-0.1, -0.05) is 6.07 Å². The smallest absolute Gasteiger partial charge is 0.354 e. The number of carboxylic acids is 1. The van der Waals surface area contributed by atoms with Crippen LogP contribution in [0.1, 0.15) is 16.1 Å². The summed E-state index contributed by atoms with van der Waals surface area (Å²) in [5, 5.41) is 11.3. The van der Waals surface area contributed by atoms with Gasteiger partial charge in [0, 0.05) is 19.8 Å². The number of nitrogens with zero attached hydrogens (tertiary/aromatic N) is 2. The van der Waals surface area contributed by atoms with Gasteiger partial charge in [0.1, 0.15) is 12.2 Å². The maximum absolute atomic E-state index is 11.6. The summed E-state index contributed by atoms with van der Waals surface area (Å²) in [6.45, 7) is 0.0236. The Morgan fingerprint density at radius 2 is 2.10 bits per heavy atom. The van der Waals surface area contributed by atoms with Gasteiger partial charge in [0.25, 0.3) is 0 Å². The third kappa shape index (κ3) is 4.56. The summed E-state index contributed by atoms with van der Waals surface area (Å²) in [5.74, 6) is -1.63. The zero-order valence-electron chi connectivity index (χ0n) is 11.1. The van der Waals surface area contributed by atoms with Gasteiger partial charge in [0.2, 0.25) is 0 Å². The average molecular weight is 281 g/mol. The Kier molecular flexibility index (Phi) is 5.45. The van der Waals surface area contributed by atoms with E-state index >= 15 is 0 Å². The van der Waals surface area contributed by atoms with Gasteiger partial charge in [-0.2, -0.15) is 0 Å². The van der Waals surface area contributed by atoms with Crippen LogP contribution in [0.25, 0.3) is 0 Å². The first-order valence-corrected chi connectivity index (χ1v) is 5.68. The monoisotopic (exact) mass is 281 g/mol. The number of ether oxygens (including phenoxy) is 1. The maximum Gasteiger partial charge on any atom is 0.354 e. The Hall–Kier alpha value is -2.64. The standard InChI is InChI=1S/C12H15N3O5/c1-15(7-10(16)20-2)12(19)14-6-8-3-4-9(11(17)18)13-5-8/h3-5H,6-7H2,1-2H3,(H,14,19)(H,17,18). The van der Waals surface area contributed by atoms with Crippen LogP contribution in [0, 0.1) is 0 Å². The topological polar surface area (TPSA) is 109 Å². The summed E-state index contributed by atoms with van der Waals surface area (Å²) < 4.78 is 4.44. The van der Waals surface area contributed by atoms with Crippen molar-refractivity contribution >= 4 is 18.0 Å². The normalized spacial score (nSPS) is 9.70. The number of carbonyl (C=O) groups excluding carboxylic acids is 2. The quantitative estimate of drug-likeness (QED) is 0.741. The summed E-state index contributed by atoms with van der Waals surface area (Å²) in [6.07, 6.45) is 1.37. The molecule has 0 aromatic carbocycles. The van der Waals surface area contributed by atoms with Crippen LogP contribution in [0.15, 0.2) is 18.3 Å². The third-order valence-electron chi connectivity index (χ3n) is 2.43. The number of aromatic carboxylic acids is 1. The SMILES string of the molecule is COC(=O)CN(C)C(=O)NCc1ccc(C(=O)O)nc1. The molecule has 8 heteroatoms. The Morgan fingerprint density at radius 1 is 1.40 bits per heavy atom. The van der Waals surface area contributed by atoms with Crippen molar-refractivity contribution in [1.82, 2.24) is 15.2 Å². The molecule has 0 bridgehead atoms. The molecule has 1 heterocycles. The van der Waals surface area contributed by atoms with Crippen LogP contribution in [0.5, 0.6) is 0 Å². The van der Waals surface area contributed by atoms with Crippen molar-refractivity contribution < 1.29 is 24.2 Å². The molecule has 0 spiro atoms. The summed E-state index contributed by atoms with van der Waals surface area (Å²) in [5.41, 5.74) is 0.581. The van der Waals surface area contributed by atoms with Gasteiger partial charge in [-0.3, -0.25) is 4.79 Å². The number of carbonyl (C=O) groups is 3. The molecule has 1 aromatic rings. The van der Waals surface area contributed by atoms with E-state index in [2.05, 4.69) is 15.0 Å². The second-order valence-corrected chi connectivity index (χ2v) is 3.95. The molecule has 0 aliphatic carbocycles. The molecule has 20 heavy (non-hydrogen) atoms. The summed E-state index contributed by atoms with van der Waals surface area (Å²) in [4.78, 5) is 38.1. The third-order valence-corrected chi connectivity index (χ3v) is 2.43. The van der Waals surface area contributed by atoms with Gasteiger partial charge < -0.3 is 20.1 Å². The molecule has 1 aromatic heterocycles. The first kappa shape index (κ1) is 15.4. The molecule has 0 radical (unpaired) electrons. The minimum absolute atomic E-state index is 0.0668. The Bertz CT molecular complexity index is 500. The molecule has 0 aliphatic rings. The van der Waals surface area contributed by atoms with Crippen LogP contribution >= 0.6 is 0 Å². The van der Waals surface area contributed by atoms with E-state index in [1.807, 2.05) is 0 Å². The molecule has 0 aliphatic heterocycles. The fourth-order valence-corrected chi connectivity index (χ4v) is 1.30. The lowest BCUT2D eigenvalue weighted by molar-refractivity contribution is -0.141. The fourth-order valence-electron chi connectivity index (χ4n) is 1.30. The predicted octanol–water partition coefficient (Wildman–Crippen LogP) is 0.0942. The Morgan fingerprint density at radius 3 is 2.60 bits per heavy atom. The number of hydrogen-bond acceptors (Lipinski definition) is 5. The highest BCUT2D eigenvalue weighted by Gasteiger charge is 2.12. The van der Waals surface area contributed by atoms with Crippen LogP contribution in [0.3, 0.4) is 0 Å². The van der Waals surface area contributed by atoms with Crippen molar-refractivity contribution in [3.8, 4) is 0 Å². The molecule has 0 unspecified atom stereocenters. The predicted molar refractivity (Wildman–Crippen MR) is 68.1 cm³/mol. The van der Waals surface area contributed by atoms with E-state index in [-0.39, 0.29) is 18.8 Å². The largest absolute Gasteiger partial charge is 0.477 e. The number of likely N-dealkylation sites (N-methyl/N-ethyl adjacent to an activating group) is 1. The van der Waals surface area contributed by atoms with Crippen molar-refractivity contribution in [2.24, 2.45) is 0 Å². The molecule has 0 saturated carbocycles. The van der Waals surface area contributed by atoms with E-state index in [1.165, 1.54) is 31.3 Å². The molecule has 2 amide bonds. The zero-order valence-corrected chi connectivity index (χ0v) is 11.1. The van der Waals surface area contributed by atoms with Crippen LogP contribution in [-0.2, 0) is 16.1 Å². The summed E-state index contributed by atoms with van der Waals surface area (Å²) >= 11 is 0. The Labute approximate surface area is 115 Å². The fraction of sp³-hybridized carbons (Fsp3) is 0.333. The number of methoxy groups -OCH3 is 1. The lowest BCUT2D eigenvalue weighted by atomic mass is 10.2. The number of aromatic nitrogens is 1. The highest BCUT2D eigenvalue weighted by Crippen LogP contribution is 2.00. The van der Waals surface area contributed by atoms with Crippen molar-refractivity contribution in [2.75, 3.05) is 20.7 Å². The van der Waals surface area contributed by atoms with Crippen LogP contribution in [-0.4, -0.2) is 53.7 Å². The van der Waals surface area contributed by atoms with Gasteiger partial charge in [0.05, 0.1) is 7.11 Å². The molecular weight excluding hydrogens is 266 g/mol. The van der Waals surface area contributed by atoms with Crippen molar-refractivity contribution in [3.63, 3.8) is 0 Å². The van der Waals surface area contributed by atoms with Crippen molar-refractivity contribution in [3.05, 3.63) is 29.6 Å². The van der Waals surface area contributed by atoms with Gasteiger partial charge in [0.15, 0.2) is 0 Å². The highest BCUT2D eigenvalue weighted by atomic mass is 16.5. The highest BCUT2D eigenvalue weighted by molar-refractivity contribution is 5.85. The van der Waals surface area contributed by atoms with E-state index in [1.54, 1.807) is 6.07 Å². The van der Waals surface area contributed by atoms with Gasteiger partial charge in [-0.25, -0.2) is 14.6 Å². The average Bonchev–Trinajstić information content (AvgIpc) is 2.44. The number of nitrogens with one attached hydrogen (secondary N) is 1. The summed E-state index contributed by atoms with van der Waals surface area (Å²) in [7, 11) is 2.70. The lowest BCUT2D eigenvalue weighted by Crippen LogP contribution is -2.40. The van der Waals surface area contributed by atoms with Gasteiger partial charge in [-0.15, -0.1) is 0 Å². The molecule has 108 valence electrons. The molecule has 0 atom stereocenters. The zero-order chi connectivity index (χ0) is 15.1. The molecule has 2 N–H and O–H groups in total. The van der Waals surface area contributed by atoms with E-state index in [9.17, 15) is 14.4 Å². The maximum atomic E-state index is 11.6. The molecule has 1 rings (SSSR count).